The number of rotatable bonds is 6. The molecular weight excluding hydrogens is 330 g/mol. The van der Waals surface area contributed by atoms with Gasteiger partial charge in [0.25, 0.3) is 5.91 Å². The summed E-state index contributed by atoms with van der Waals surface area (Å²) < 4.78 is 7.45. The third kappa shape index (κ3) is 4.60. The Bertz CT molecular complexity index is 736. The number of nitrogens with one attached hydrogen (secondary N) is 1. The van der Waals surface area contributed by atoms with Crippen LogP contribution in [0.4, 0.5) is 0 Å². The van der Waals surface area contributed by atoms with Crippen LogP contribution in [0.1, 0.15) is 29.8 Å². The van der Waals surface area contributed by atoms with E-state index < -0.39 is 0 Å². The molecule has 0 atom stereocenters. The Morgan fingerprint density at radius 3 is 2.58 bits per heavy atom. The number of aryl methyl sites for hydroxylation is 2. The van der Waals surface area contributed by atoms with E-state index in [1.54, 1.807) is 4.68 Å². The number of ether oxygens (including phenoxy) is 1. The molecule has 0 saturated carbocycles. The summed E-state index contributed by atoms with van der Waals surface area (Å²) in [6.45, 7) is 6.75. The zero-order valence-electron chi connectivity index (χ0n) is 15.7. The van der Waals surface area contributed by atoms with Crippen molar-refractivity contribution in [2.45, 2.75) is 39.3 Å². The van der Waals surface area contributed by atoms with E-state index in [-0.39, 0.29) is 18.6 Å². The van der Waals surface area contributed by atoms with Gasteiger partial charge in [-0.05, 0) is 44.4 Å². The molecule has 3 rings (SSSR count). The second kappa shape index (κ2) is 8.31. The van der Waals surface area contributed by atoms with Crippen molar-refractivity contribution in [2.24, 2.45) is 7.05 Å². The van der Waals surface area contributed by atoms with Crippen LogP contribution in [0.25, 0.3) is 0 Å². The topological polar surface area (TPSA) is 72.3 Å². The van der Waals surface area contributed by atoms with Crippen LogP contribution in [0, 0.1) is 13.8 Å². The molecule has 0 radical (unpaired) electrons. The maximum absolute atomic E-state index is 12.2. The van der Waals surface area contributed by atoms with E-state index in [4.69, 9.17) is 4.74 Å². The molecule has 1 fully saturated rings. The van der Waals surface area contributed by atoms with Crippen molar-refractivity contribution in [3.8, 4) is 5.75 Å². The van der Waals surface area contributed by atoms with Crippen LogP contribution < -0.4 is 10.1 Å². The fourth-order valence-electron chi connectivity index (χ4n) is 3.35. The lowest BCUT2D eigenvalue weighted by molar-refractivity contribution is -0.124. The number of carbonyl (C=O) groups is 1. The zero-order chi connectivity index (χ0) is 18.5. The number of likely N-dealkylation sites (tertiary alicyclic amines) is 1. The molecule has 2 aromatic rings. The smallest absolute Gasteiger partial charge is 0.258 e. The Balaban J connectivity index is 1.40. The molecule has 0 unspecified atom stereocenters. The predicted octanol–water partition coefficient (Wildman–Crippen LogP) is 1.59. The average Bonchev–Trinajstić information content (AvgIpc) is 2.88. The fourth-order valence-corrected chi connectivity index (χ4v) is 3.35. The highest BCUT2D eigenvalue weighted by Gasteiger charge is 2.21. The highest BCUT2D eigenvalue weighted by atomic mass is 16.5. The van der Waals surface area contributed by atoms with Gasteiger partial charge in [0, 0.05) is 45.1 Å². The molecule has 1 saturated heterocycles. The first-order valence-electron chi connectivity index (χ1n) is 9.06. The normalized spacial score (nSPS) is 15.8. The minimum Gasteiger partial charge on any atom is -0.480 e. The molecule has 0 bridgehead atoms. The SMILES string of the molecule is Cc1nn(C)c(C)c1OCC(=O)NC1CCN(Cc2ccncc2)CC1. The molecule has 0 aliphatic carbocycles. The molecule has 2 aromatic heterocycles. The summed E-state index contributed by atoms with van der Waals surface area (Å²) in [5.41, 5.74) is 3.01. The quantitative estimate of drug-likeness (QED) is 0.850. The average molecular weight is 357 g/mol. The van der Waals surface area contributed by atoms with Gasteiger partial charge in [-0.2, -0.15) is 5.10 Å². The van der Waals surface area contributed by atoms with Gasteiger partial charge in [-0.15, -0.1) is 0 Å². The fraction of sp³-hybridized carbons (Fsp3) is 0.526. The maximum atomic E-state index is 12.2. The van der Waals surface area contributed by atoms with Gasteiger partial charge >= 0.3 is 0 Å². The molecule has 1 N–H and O–H groups in total. The molecule has 1 amide bonds. The van der Waals surface area contributed by atoms with E-state index in [9.17, 15) is 4.79 Å². The van der Waals surface area contributed by atoms with Crippen molar-refractivity contribution in [3.05, 3.63) is 41.5 Å². The van der Waals surface area contributed by atoms with Gasteiger partial charge in [0.2, 0.25) is 0 Å². The van der Waals surface area contributed by atoms with Crippen LogP contribution in [0.5, 0.6) is 5.75 Å². The standard InChI is InChI=1S/C19H27N5O2/c1-14-19(15(2)23(3)22-14)26-13-18(25)21-17-6-10-24(11-7-17)12-16-4-8-20-9-5-16/h4-5,8-9,17H,6-7,10-13H2,1-3H3,(H,21,25). The first-order valence-corrected chi connectivity index (χ1v) is 9.06. The van der Waals surface area contributed by atoms with Gasteiger partial charge < -0.3 is 10.1 Å². The van der Waals surface area contributed by atoms with E-state index in [0.717, 1.165) is 43.9 Å². The molecule has 1 aliphatic heterocycles. The molecule has 26 heavy (non-hydrogen) atoms. The van der Waals surface area contributed by atoms with E-state index in [1.165, 1.54) is 5.56 Å². The third-order valence-electron chi connectivity index (χ3n) is 4.90. The highest BCUT2D eigenvalue weighted by Crippen LogP contribution is 2.21. The maximum Gasteiger partial charge on any atom is 0.258 e. The number of aromatic nitrogens is 3. The van der Waals surface area contributed by atoms with Crippen LogP contribution >= 0.6 is 0 Å². The third-order valence-corrected chi connectivity index (χ3v) is 4.90. The van der Waals surface area contributed by atoms with Gasteiger partial charge in [0.1, 0.15) is 5.69 Å². The van der Waals surface area contributed by atoms with E-state index in [0.29, 0.717) is 5.75 Å². The summed E-state index contributed by atoms with van der Waals surface area (Å²) in [6.07, 6.45) is 5.57. The summed E-state index contributed by atoms with van der Waals surface area (Å²) in [7, 11) is 1.87. The summed E-state index contributed by atoms with van der Waals surface area (Å²) in [5.74, 6) is 0.634. The van der Waals surface area contributed by atoms with Crippen molar-refractivity contribution in [1.29, 1.82) is 0 Å². The first kappa shape index (κ1) is 18.4. The Morgan fingerprint density at radius 1 is 1.27 bits per heavy atom. The van der Waals surface area contributed by atoms with Crippen LogP contribution in [0.2, 0.25) is 0 Å². The number of nitrogens with zero attached hydrogens (tertiary/aromatic N) is 4. The molecule has 3 heterocycles. The van der Waals surface area contributed by atoms with Crippen LogP contribution in [0.3, 0.4) is 0 Å². The van der Waals surface area contributed by atoms with Crippen LogP contribution in [-0.4, -0.2) is 51.3 Å². The van der Waals surface area contributed by atoms with Crippen molar-refractivity contribution in [1.82, 2.24) is 25.0 Å². The molecule has 0 aromatic carbocycles. The second-order valence-corrected chi connectivity index (χ2v) is 6.89. The van der Waals surface area contributed by atoms with Crippen molar-refractivity contribution in [2.75, 3.05) is 19.7 Å². The Kier molecular flexibility index (Phi) is 5.88. The van der Waals surface area contributed by atoms with E-state index in [1.807, 2.05) is 45.4 Å². The van der Waals surface area contributed by atoms with Crippen LogP contribution in [-0.2, 0) is 18.4 Å². The van der Waals surface area contributed by atoms with E-state index >= 15 is 0 Å². The summed E-state index contributed by atoms with van der Waals surface area (Å²) >= 11 is 0. The van der Waals surface area contributed by atoms with Crippen molar-refractivity contribution >= 4 is 5.91 Å². The minimum atomic E-state index is -0.0692. The molecule has 1 aliphatic rings. The van der Waals surface area contributed by atoms with Crippen molar-refractivity contribution in [3.63, 3.8) is 0 Å². The zero-order valence-corrected chi connectivity index (χ0v) is 15.7. The lowest BCUT2D eigenvalue weighted by atomic mass is 10.0. The van der Waals surface area contributed by atoms with Crippen LogP contribution in [0.15, 0.2) is 24.5 Å². The summed E-state index contributed by atoms with van der Waals surface area (Å²) in [6, 6.07) is 4.32. The monoisotopic (exact) mass is 357 g/mol. The molecule has 0 spiro atoms. The largest absolute Gasteiger partial charge is 0.480 e. The lowest BCUT2D eigenvalue weighted by Crippen LogP contribution is -2.45. The number of hydrogen-bond donors (Lipinski definition) is 1. The molecule has 140 valence electrons. The van der Waals surface area contributed by atoms with Gasteiger partial charge in [0.05, 0.1) is 5.69 Å². The number of carbonyl (C=O) groups excluding carboxylic acids is 1. The number of piperidine rings is 1. The van der Waals surface area contributed by atoms with E-state index in [2.05, 4.69) is 20.3 Å². The predicted molar refractivity (Wildman–Crippen MR) is 98.9 cm³/mol. The summed E-state index contributed by atoms with van der Waals surface area (Å²) in [4.78, 5) is 18.7. The molecular formula is C19H27N5O2. The number of amides is 1. The lowest BCUT2D eigenvalue weighted by Gasteiger charge is -2.32. The summed E-state index contributed by atoms with van der Waals surface area (Å²) in [5, 5.41) is 7.39. The number of hydrogen-bond acceptors (Lipinski definition) is 5. The number of pyridine rings is 1. The Morgan fingerprint density at radius 2 is 1.96 bits per heavy atom. The first-order chi connectivity index (χ1) is 12.5. The molecule has 7 nitrogen and oxygen atoms in total. The van der Waals surface area contributed by atoms with Gasteiger partial charge in [-0.3, -0.25) is 19.4 Å². The van der Waals surface area contributed by atoms with Gasteiger partial charge in [-0.25, -0.2) is 0 Å². The Hall–Kier alpha value is -2.41. The second-order valence-electron chi connectivity index (χ2n) is 6.89. The highest BCUT2D eigenvalue weighted by molar-refractivity contribution is 5.77. The molecule has 7 heteroatoms. The minimum absolute atomic E-state index is 0.0323. The van der Waals surface area contributed by atoms with Gasteiger partial charge in [0.15, 0.2) is 12.4 Å². The van der Waals surface area contributed by atoms with Gasteiger partial charge in [-0.1, -0.05) is 0 Å². The van der Waals surface area contributed by atoms with Crippen molar-refractivity contribution < 1.29 is 9.53 Å². The Labute approximate surface area is 154 Å².